The summed E-state index contributed by atoms with van der Waals surface area (Å²) in [6.45, 7) is 1.91. The number of hydrogen-bond donors (Lipinski definition) is 3. The van der Waals surface area contributed by atoms with Gasteiger partial charge in [0.15, 0.2) is 5.11 Å². The molecule has 0 saturated heterocycles. The maximum absolute atomic E-state index is 12.0. The average Bonchev–Trinajstić information content (AvgIpc) is 2.49. The van der Waals surface area contributed by atoms with Crippen LogP contribution in [-0.2, 0) is 0 Å². The van der Waals surface area contributed by atoms with Crippen LogP contribution in [0.3, 0.4) is 0 Å². The Morgan fingerprint density at radius 2 is 1.77 bits per heavy atom. The normalized spacial score (nSPS) is 9.95. The summed E-state index contributed by atoms with van der Waals surface area (Å²) >= 11 is 17.1. The smallest absolute Gasteiger partial charge is 0.271 e. The summed E-state index contributed by atoms with van der Waals surface area (Å²) < 4.78 is 0. The van der Waals surface area contributed by atoms with Crippen LogP contribution in [0, 0.1) is 6.92 Å². The van der Waals surface area contributed by atoms with Crippen molar-refractivity contribution in [3.63, 3.8) is 0 Å². The van der Waals surface area contributed by atoms with E-state index in [1.165, 1.54) is 0 Å². The average molecular weight is 354 g/mol. The monoisotopic (exact) mass is 353 g/mol. The highest BCUT2D eigenvalue weighted by molar-refractivity contribution is 7.80. The van der Waals surface area contributed by atoms with Gasteiger partial charge in [-0.05, 0) is 49.0 Å². The van der Waals surface area contributed by atoms with Crippen molar-refractivity contribution in [2.75, 3.05) is 5.32 Å². The number of nitrogens with one attached hydrogen (secondary N) is 3. The first-order chi connectivity index (χ1) is 10.5. The number of aryl methyl sites for hydroxylation is 1. The molecule has 7 heteroatoms. The molecule has 0 atom stereocenters. The van der Waals surface area contributed by atoms with Crippen LogP contribution in [0.4, 0.5) is 5.69 Å². The van der Waals surface area contributed by atoms with Crippen LogP contribution in [0.15, 0.2) is 42.5 Å². The van der Waals surface area contributed by atoms with E-state index in [0.29, 0.717) is 15.6 Å². The summed E-state index contributed by atoms with van der Waals surface area (Å²) in [5.74, 6) is -0.378. The highest BCUT2D eigenvalue weighted by Gasteiger charge is 2.09. The first-order valence-corrected chi connectivity index (χ1v) is 7.52. The Morgan fingerprint density at radius 3 is 2.45 bits per heavy atom. The fourth-order valence-corrected chi connectivity index (χ4v) is 2.23. The van der Waals surface area contributed by atoms with Crippen molar-refractivity contribution >= 4 is 52.1 Å². The van der Waals surface area contributed by atoms with Crippen molar-refractivity contribution in [2.45, 2.75) is 6.92 Å². The maximum Gasteiger partial charge on any atom is 0.271 e. The molecule has 1 amide bonds. The lowest BCUT2D eigenvalue weighted by Crippen LogP contribution is -2.43. The van der Waals surface area contributed by atoms with Crippen LogP contribution in [0.1, 0.15) is 15.9 Å². The predicted octanol–water partition coefficient (Wildman–Crippen LogP) is 3.93. The van der Waals surface area contributed by atoms with E-state index in [9.17, 15) is 4.79 Å². The number of hydrazine groups is 1. The van der Waals surface area contributed by atoms with Crippen molar-refractivity contribution in [1.82, 2.24) is 10.9 Å². The molecule has 0 saturated carbocycles. The van der Waals surface area contributed by atoms with Gasteiger partial charge in [0.1, 0.15) is 0 Å². The van der Waals surface area contributed by atoms with Crippen molar-refractivity contribution < 1.29 is 4.79 Å². The van der Waals surface area contributed by atoms with Gasteiger partial charge in [-0.3, -0.25) is 15.6 Å². The molecule has 2 aromatic carbocycles. The second kappa shape index (κ2) is 7.45. The molecule has 0 aliphatic heterocycles. The van der Waals surface area contributed by atoms with E-state index in [0.717, 1.165) is 11.3 Å². The van der Waals surface area contributed by atoms with Gasteiger partial charge < -0.3 is 5.32 Å². The quantitative estimate of drug-likeness (QED) is 0.565. The first kappa shape index (κ1) is 16.5. The molecule has 3 N–H and O–H groups in total. The minimum atomic E-state index is -0.378. The van der Waals surface area contributed by atoms with Crippen LogP contribution < -0.4 is 16.2 Å². The zero-order valence-corrected chi connectivity index (χ0v) is 13.9. The van der Waals surface area contributed by atoms with Gasteiger partial charge >= 0.3 is 0 Å². The van der Waals surface area contributed by atoms with Gasteiger partial charge in [-0.2, -0.15) is 0 Å². The Hall–Kier alpha value is -1.82. The lowest BCUT2D eigenvalue weighted by Gasteiger charge is -2.12. The Labute approximate surface area is 143 Å². The van der Waals surface area contributed by atoms with Gasteiger partial charge in [0.25, 0.3) is 5.91 Å². The standard InChI is InChI=1S/C15H13Cl2N3OS/c1-9-6-7-10(8-13(9)17)18-15(22)20-19-14(21)11-4-2-3-5-12(11)16/h2-8H,1H3,(H,19,21)(H2,18,20,22). The number of halogens is 2. The highest BCUT2D eigenvalue weighted by atomic mass is 35.5. The van der Waals surface area contributed by atoms with E-state index >= 15 is 0 Å². The zero-order chi connectivity index (χ0) is 16.1. The second-order valence-electron chi connectivity index (χ2n) is 4.48. The molecule has 0 aliphatic rings. The lowest BCUT2D eigenvalue weighted by molar-refractivity contribution is 0.0944. The second-order valence-corrected chi connectivity index (χ2v) is 5.70. The number of hydrogen-bond acceptors (Lipinski definition) is 2. The topological polar surface area (TPSA) is 53.2 Å². The molecule has 114 valence electrons. The molecule has 0 radical (unpaired) electrons. The van der Waals surface area contributed by atoms with Crippen molar-refractivity contribution in [2.24, 2.45) is 0 Å². The van der Waals surface area contributed by atoms with Gasteiger partial charge in [0.05, 0.1) is 10.6 Å². The Balaban J connectivity index is 1.91. The number of carbonyl (C=O) groups is 1. The van der Waals surface area contributed by atoms with E-state index in [-0.39, 0.29) is 11.0 Å². The molecule has 2 rings (SSSR count). The van der Waals surface area contributed by atoms with Gasteiger partial charge in [0.2, 0.25) is 0 Å². The maximum atomic E-state index is 12.0. The molecule has 0 spiro atoms. The lowest BCUT2D eigenvalue weighted by atomic mass is 10.2. The minimum absolute atomic E-state index is 0.236. The molecule has 4 nitrogen and oxygen atoms in total. The van der Waals surface area contributed by atoms with Gasteiger partial charge in [-0.25, -0.2) is 0 Å². The van der Waals surface area contributed by atoms with E-state index in [4.69, 9.17) is 35.4 Å². The molecule has 0 unspecified atom stereocenters. The number of rotatable bonds is 2. The molecule has 2 aromatic rings. The SMILES string of the molecule is Cc1ccc(NC(=S)NNC(=O)c2ccccc2Cl)cc1Cl. The van der Waals surface area contributed by atoms with E-state index in [1.807, 2.05) is 19.1 Å². The van der Waals surface area contributed by atoms with E-state index < -0.39 is 0 Å². The minimum Gasteiger partial charge on any atom is -0.331 e. The molecular weight excluding hydrogens is 341 g/mol. The Morgan fingerprint density at radius 1 is 1.05 bits per heavy atom. The number of carbonyl (C=O) groups excluding carboxylic acids is 1. The fourth-order valence-electron chi connectivity index (χ4n) is 1.66. The third-order valence-corrected chi connectivity index (χ3v) is 3.78. The van der Waals surface area contributed by atoms with Gasteiger partial charge in [-0.15, -0.1) is 0 Å². The van der Waals surface area contributed by atoms with Crippen molar-refractivity contribution in [1.29, 1.82) is 0 Å². The summed E-state index contributed by atoms with van der Waals surface area (Å²) in [5.41, 5.74) is 7.14. The number of anilines is 1. The van der Waals surface area contributed by atoms with E-state index in [2.05, 4.69) is 16.2 Å². The Bertz CT molecular complexity index is 722. The van der Waals surface area contributed by atoms with Gasteiger partial charge in [0, 0.05) is 10.7 Å². The Kier molecular flexibility index (Phi) is 5.60. The summed E-state index contributed by atoms with van der Waals surface area (Å²) in [6.07, 6.45) is 0. The first-order valence-electron chi connectivity index (χ1n) is 6.35. The molecule has 0 fully saturated rings. The summed E-state index contributed by atoms with van der Waals surface area (Å²) in [5, 5.41) is 4.15. The summed E-state index contributed by atoms with van der Waals surface area (Å²) in [7, 11) is 0. The third kappa shape index (κ3) is 4.34. The van der Waals surface area contributed by atoms with Crippen molar-refractivity contribution in [3.05, 3.63) is 63.6 Å². The number of thiocarbonyl (C=S) groups is 1. The fraction of sp³-hybridized carbons (Fsp3) is 0.0667. The largest absolute Gasteiger partial charge is 0.331 e. The van der Waals surface area contributed by atoms with Crippen LogP contribution in [0.25, 0.3) is 0 Å². The van der Waals surface area contributed by atoms with Crippen LogP contribution in [0.5, 0.6) is 0 Å². The van der Waals surface area contributed by atoms with E-state index in [1.54, 1.807) is 30.3 Å². The number of amides is 1. The number of benzene rings is 2. The summed E-state index contributed by atoms with van der Waals surface area (Å²) in [6, 6.07) is 12.2. The molecule has 0 aromatic heterocycles. The van der Waals surface area contributed by atoms with Crippen LogP contribution >= 0.6 is 35.4 Å². The molecule has 0 heterocycles. The van der Waals surface area contributed by atoms with Gasteiger partial charge in [-0.1, -0.05) is 41.4 Å². The summed E-state index contributed by atoms with van der Waals surface area (Å²) in [4.78, 5) is 12.0. The third-order valence-electron chi connectivity index (χ3n) is 2.84. The molecule has 0 aliphatic carbocycles. The van der Waals surface area contributed by atoms with Crippen molar-refractivity contribution in [3.8, 4) is 0 Å². The predicted molar refractivity (Wildman–Crippen MR) is 94.5 cm³/mol. The van der Waals surface area contributed by atoms with Crippen LogP contribution in [-0.4, -0.2) is 11.0 Å². The molecule has 0 bridgehead atoms. The van der Waals surface area contributed by atoms with Crippen LogP contribution in [0.2, 0.25) is 10.0 Å². The zero-order valence-electron chi connectivity index (χ0n) is 11.6. The molecular formula is C15H13Cl2N3OS. The highest BCUT2D eigenvalue weighted by Crippen LogP contribution is 2.19. The molecule has 22 heavy (non-hydrogen) atoms.